The van der Waals surface area contributed by atoms with Crippen LogP contribution in [0.1, 0.15) is 31.2 Å². The Morgan fingerprint density at radius 2 is 1.76 bits per heavy atom. The number of hydrogen-bond acceptors (Lipinski definition) is 2. The van der Waals surface area contributed by atoms with Crippen molar-refractivity contribution in [3.8, 4) is 0 Å². The van der Waals surface area contributed by atoms with Crippen molar-refractivity contribution in [3.05, 3.63) is 29.3 Å². The number of carbonyl (C=O) groups excluding carboxylic acids is 1. The Morgan fingerprint density at radius 3 is 2.38 bits per heavy atom. The fourth-order valence-corrected chi connectivity index (χ4v) is 2.71. The van der Waals surface area contributed by atoms with E-state index < -0.39 is 35.3 Å². The molecule has 114 valence electrons. The first kappa shape index (κ1) is 15.4. The molecule has 2 unspecified atom stereocenters. The molecular weight excluding hydrogens is 280 g/mol. The predicted octanol–water partition coefficient (Wildman–Crippen LogP) is 3.10. The highest BCUT2D eigenvalue weighted by Crippen LogP contribution is 2.31. The second kappa shape index (κ2) is 6.20. The number of anilines is 1. The van der Waals surface area contributed by atoms with E-state index in [9.17, 15) is 18.4 Å². The fraction of sp³-hybridized carbons (Fsp3) is 0.467. The van der Waals surface area contributed by atoms with Crippen molar-refractivity contribution in [2.45, 2.75) is 32.6 Å². The highest BCUT2D eigenvalue weighted by atomic mass is 19.1. The maximum atomic E-state index is 13.7. The van der Waals surface area contributed by atoms with Gasteiger partial charge in [0.2, 0.25) is 5.91 Å². The molecule has 6 heteroatoms. The van der Waals surface area contributed by atoms with Crippen LogP contribution < -0.4 is 5.32 Å². The average Bonchev–Trinajstić information content (AvgIpc) is 2.44. The maximum absolute atomic E-state index is 13.7. The van der Waals surface area contributed by atoms with Crippen LogP contribution in [-0.4, -0.2) is 17.0 Å². The van der Waals surface area contributed by atoms with E-state index in [1.807, 2.05) is 0 Å². The van der Waals surface area contributed by atoms with Gasteiger partial charge in [0.25, 0.3) is 0 Å². The number of halogens is 2. The number of carboxylic acid groups (broad SMARTS) is 1. The quantitative estimate of drug-likeness (QED) is 0.901. The van der Waals surface area contributed by atoms with E-state index in [0.29, 0.717) is 12.8 Å². The first-order chi connectivity index (χ1) is 9.90. The molecule has 2 N–H and O–H groups in total. The van der Waals surface area contributed by atoms with Crippen LogP contribution in [0.5, 0.6) is 0 Å². The highest BCUT2D eigenvalue weighted by molar-refractivity contribution is 5.95. The number of nitrogens with one attached hydrogen (secondary N) is 1. The van der Waals surface area contributed by atoms with Crippen molar-refractivity contribution in [3.63, 3.8) is 0 Å². The summed E-state index contributed by atoms with van der Waals surface area (Å²) in [6.45, 7) is 1.42. The van der Waals surface area contributed by atoms with Gasteiger partial charge in [0.05, 0.1) is 17.5 Å². The van der Waals surface area contributed by atoms with Crippen LogP contribution in [0, 0.1) is 30.4 Å². The molecule has 1 fully saturated rings. The Hall–Kier alpha value is -1.98. The van der Waals surface area contributed by atoms with Gasteiger partial charge in [0, 0.05) is 6.07 Å². The molecule has 0 aliphatic heterocycles. The summed E-state index contributed by atoms with van der Waals surface area (Å²) in [5.41, 5.74) is -0.107. The Balaban J connectivity index is 2.17. The molecule has 2 rings (SSSR count). The summed E-state index contributed by atoms with van der Waals surface area (Å²) in [7, 11) is 0. The zero-order valence-electron chi connectivity index (χ0n) is 11.7. The topological polar surface area (TPSA) is 66.4 Å². The summed E-state index contributed by atoms with van der Waals surface area (Å²) < 4.78 is 27.2. The second-order valence-electron chi connectivity index (χ2n) is 5.41. The molecule has 0 saturated heterocycles. The average molecular weight is 297 g/mol. The van der Waals surface area contributed by atoms with Gasteiger partial charge in [-0.2, -0.15) is 0 Å². The molecule has 1 aliphatic rings. The number of carbonyl (C=O) groups is 2. The Kier molecular flexibility index (Phi) is 4.55. The number of benzene rings is 1. The summed E-state index contributed by atoms with van der Waals surface area (Å²) in [5.74, 6) is -4.41. The lowest BCUT2D eigenvalue weighted by atomic mass is 9.78. The molecule has 21 heavy (non-hydrogen) atoms. The van der Waals surface area contributed by atoms with E-state index in [-0.39, 0.29) is 11.3 Å². The lowest BCUT2D eigenvalue weighted by molar-refractivity contribution is -0.147. The SMILES string of the molecule is Cc1cc(F)c(NC(=O)C2CCCCC2C(=O)O)cc1F. The highest BCUT2D eigenvalue weighted by Gasteiger charge is 2.35. The minimum Gasteiger partial charge on any atom is -0.481 e. The number of hydrogen-bond donors (Lipinski definition) is 2. The maximum Gasteiger partial charge on any atom is 0.307 e. The normalized spacial score (nSPS) is 21.9. The number of amides is 1. The third-order valence-corrected chi connectivity index (χ3v) is 3.93. The first-order valence-corrected chi connectivity index (χ1v) is 6.89. The number of carboxylic acids is 1. The van der Waals surface area contributed by atoms with Gasteiger partial charge in [-0.3, -0.25) is 9.59 Å². The molecule has 0 radical (unpaired) electrons. The van der Waals surface area contributed by atoms with Crippen molar-refractivity contribution in [2.24, 2.45) is 11.8 Å². The van der Waals surface area contributed by atoms with Crippen molar-refractivity contribution in [1.82, 2.24) is 0 Å². The molecule has 1 aromatic rings. The monoisotopic (exact) mass is 297 g/mol. The van der Waals surface area contributed by atoms with E-state index in [1.54, 1.807) is 0 Å². The molecule has 2 atom stereocenters. The molecule has 0 bridgehead atoms. The molecule has 4 nitrogen and oxygen atoms in total. The molecular formula is C15H17F2NO3. The molecule has 1 aromatic carbocycles. The number of aryl methyl sites for hydroxylation is 1. The van der Waals surface area contributed by atoms with Crippen LogP contribution in [0.4, 0.5) is 14.5 Å². The van der Waals surface area contributed by atoms with Crippen LogP contribution in [0.15, 0.2) is 12.1 Å². The van der Waals surface area contributed by atoms with Crippen LogP contribution >= 0.6 is 0 Å². The largest absolute Gasteiger partial charge is 0.481 e. The Labute approximate surface area is 121 Å². The zero-order valence-corrected chi connectivity index (χ0v) is 11.7. The fourth-order valence-electron chi connectivity index (χ4n) is 2.71. The van der Waals surface area contributed by atoms with Gasteiger partial charge in [-0.05, 0) is 31.4 Å². The summed E-state index contributed by atoms with van der Waals surface area (Å²) >= 11 is 0. The van der Waals surface area contributed by atoms with Crippen LogP contribution in [0.3, 0.4) is 0 Å². The number of aliphatic carboxylic acids is 1. The van der Waals surface area contributed by atoms with Crippen LogP contribution in [0.25, 0.3) is 0 Å². The number of rotatable bonds is 3. The Morgan fingerprint density at radius 1 is 1.14 bits per heavy atom. The van der Waals surface area contributed by atoms with Gasteiger partial charge < -0.3 is 10.4 Å². The first-order valence-electron chi connectivity index (χ1n) is 6.89. The molecule has 1 saturated carbocycles. The standard InChI is InChI=1S/C15H17F2NO3/c1-8-6-12(17)13(7-11(8)16)18-14(19)9-4-2-3-5-10(9)15(20)21/h6-7,9-10H,2-5H2,1H3,(H,18,19)(H,20,21). The van der Waals surface area contributed by atoms with Crippen molar-refractivity contribution in [2.75, 3.05) is 5.32 Å². The van der Waals surface area contributed by atoms with E-state index in [0.717, 1.165) is 25.0 Å². The summed E-state index contributed by atoms with van der Waals surface area (Å²) in [5, 5.41) is 11.5. The third kappa shape index (κ3) is 3.37. The van der Waals surface area contributed by atoms with Crippen LogP contribution in [-0.2, 0) is 9.59 Å². The Bertz CT molecular complexity index is 574. The molecule has 0 spiro atoms. The van der Waals surface area contributed by atoms with Crippen molar-refractivity contribution < 1.29 is 23.5 Å². The van der Waals surface area contributed by atoms with E-state index in [4.69, 9.17) is 5.11 Å². The predicted molar refractivity (Wildman–Crippen MR) is 72.8 cm³/mol. The zero-order chi connectivity index (χ0) is 15.6. The third-order valence-electron chi connectivity index (χ3n) is 3.93. The van der Waals surface area contributed by atoms with Gasteiger partial charge in [0.15, 0.2) is 0 Å². The lowest BCUT2D eigenvalue weighted by Crippen LogP contribution is -2.36. The molecule has 0 heterocycles. The lowest BCUT2D eigenvalue weighted by Gasteiger charge is -2.27. The molecule has 1 aliphatic carbocycles. The molecule has 1 amide bonds. The van der Waals surface area contributed by atoms with Crippen molar-refractivity contribution in [1.29, 1.82) is 0 Å². The van der Waals surface area contributed by atoms with Gasteiger partial charge >= 0.3 is 5.97 Å². The minimum absolute atomic E-state index is 0.145. The van der Waals surface area contributed by atoms with E-state index in [2.05, 4.69) is 5.32 Å². The van der Waals surface area contributed by atoms with E-state index in [1.165, 1.54) is 6.92 Å². The van der Waals surface area contributed by atoms with Crippen molar-refractivity contribution >= 4 is 17.6 Å². The van der Waals surface area contributed by atoms with E-state index >= 15 is 0 Å². The minimum atomic E-state index is -1.02. The summed E-state index contributed by atoms with van der Waals surface area (Å²) in [6.07, 6.45) is 2.39. The smallest absolute Gasteiger partial charge is 0.307 e. The molecule has 0 aromatic heterocycles. The van der Waals surface area contributed by atoms with Gasteiger partial charge in [0.1, 0.15) is 11.6 Å². The summed E-state index contributed by atoms with van der Waals surface area (Å²) in [4.78, 5) is 23.3. The van der Waals surface area contributed by atoms with Gasteiger partial charge in [-0.25, -0.2) is 8.78 Å². The van der Waals surface area contributed by atoms with Gasteiger partial charge in [-0.1, -0.05) is 12.8 Å². The van der Waals surface area contributed by atoms with Gasteiger partial charge in [-0.15, -0.1) is 0 Å². The summed E-state index contributed by atoms with van der Waals surface area (Å²) in [6, 6.07) is 1.92. The van der Waals surface area contributed by atoms with Crippen LogP contribution in [0.2, 0.25) is 0 Å². The second-order valence-corrected chi connectivity index (χ2v) is 5.41.